The van der Waals surface area contributed by atoms with Crippen molar-refractivity contribution in [2.45, 2.75) is 19.5 Å². The van der Waals surface area contributed by atoms with E-state index in [9.17, 15) is 4.79 Å². The van der Waals surface area contributed by atoms with Crippen molar-refractivity contribution in [1.82, 2.24) is 5.43 Å². The minimum absolute atomic E-state index is 0.0153. The van der Waals surface area contributed by atoms with E-state index in [0.717, 1.165) is 34.0 Å². The summed E-state index contributed by atoms with van der Waals surface area (Å²) in [4.78, 5) is 11.4. The third-order valence-electron chi connectivity index (χ3n) is 4.62. The summed E-state index contributed by atoms with van der Waals surface area (Å²) in [6.07, 6.45) is 0.484. The third-order valence-corrected chi connectivity index (χ3v) is 4.62. The molecule has 0 saturated carbocycles. The van der Waals surface area contributed by atoms with Crippen LogP contribution in [0.4, 0.5) is 11.4 Å². The van der Waals surface area contributed by atoms with E-state index in [1.165, 1.54) is 0 Å². The van der Waals surface area contributed by atoms with Gasteiger partial charge in [-0.15, -0.1) is 0 Å². The van der Waals surface area contributed by atoms with Gasteiger partial charge in [0.15, 0.2) is 0 Å². The zero-order chi connectivity index (χ0) is 17.4. The molecule has 4 rings (SSSR count). The maximum Gasteiger partial charge on any atom is 0.240 e. The van der Waals surface area contributed by atoms with Gasteiger partial charge in [0.1, 0.15) is 11.9 Å². The number of nitrogens with one attached hydrogen (secondary N) is 3. The predicted molar refractivity (Wildman–Crippen MR) is 97.9 cm³/mol. The Kier molecular flexibility index (Phi) is 3.80. The number of methoxy groups -OCH3 is 1. The van der Waals surface area contributed by atoms with Crippen molar-refractivity contribution in [3.8, 4) is 5.75 Å². The lowest BCUT2D eigenvalue weighted by atomic mass is 9.94. The zero-order valence-electron chi connectivity index (χ0n) is 14.2. The van der Waals surface area contributed by atoms with Gasteiger partial charge in [-0.25, -0.2) is 5.43 Å². The van der Waals surface area contributed by atoms with Crippen LogP contribution in [0.3, 0.4) is 0 Å². The van der Waals surface area contributed by atoms with Crippen LogP contribution in [0.2, 0.25) is 0 Å². The van der Waals surface area contributed by atoms with Gasteiger partial charge in [-0.3, -0.25) is 4.79 Å². The Hall–Kier alpha value is -3.02. The van der Waals surface area contributed by atoms with Crippen LogP contribution in [0.15, 0.2) is 47.6 Å². The Labute approximate surface area is 146 Å². The molecule has 3 N–H and O–H groups in total. The van der Waals surface area contributed by atoms with Gasteiger partial charge >= 0.3 is 0 Å². The fourth-order valence-corrected chi connectivity index (χ4v) is 3.26. The number of hydrazone groups is 1. The zero-order valence-corrected chi connectivity index (χ0v) is 14.2. The maximum atomic E-state index is 11.4. The van der Waals surface area contributed by atoms with Gasteiger partial charge in [-0.2, -0.15) is 5.10 Å². The first-order valence-corrected chi connectivity index (χ1v) is 8.32. The molecule has 1 amide bonds. The number of amides is 1. The van der Waals surface area contributed by atoms with Crippen molar-refractivity contribution in [2.75, 3.05) is 17.7 Å². The molecule has 0 aromatic heterocycles. The summed E-state index contributed by atoms with van der Waals surface area (Å²) in [6.45, 7) is 2.02. The monoisotopic (exact) mass is 336 g/mol. The molecule has 0 spiro atoms. The second-order valence-electron chi connectivity index (χ2n) is 6.39. The lowest BCUT2D eigenvalue weighted by Crippen LogP contribution is -2.31. The molecular formula is C19H20N4O2. The van der Waals surface area contributed by atoms with E-state index in [4.69, 9.17) is 4.74 Å². The molecule has 0 radical (unpaired) electrons. The molecule has 2 unspecified atom stereocenters. The van der Waals surface area contributed by atoms with E-state index in [1.54, 1.807) is 7.11 Å². The summed E-state index contributed by atoms with van der Waals surface area (Å²) in [6, 6.07) is 14.2. The highest BCUT2D eigenvalue weighted by Crippen LogP contribution is 2.36. The van der Waals surface area contributed by atoms with Crippen LogP contribution in [0.25, 0.3) is 0 Å². The first kappa shape index (κ1) is 15.5. The number of fused-ring (bicyclic) bond motifs is 1. The summed E-state index contributed by atoms with van der Waals surface area (Å²) in [5, 5.41) is 11.2. The highest BCUT2D eigenvalue weighted by Gasteiger charge is 2.25. The number of rotatable bonds is 3. The Morgan fingerprint density at radius 3 is 2.56 bits per heavy atom. The van der Waals surface area contributed by atoms with Crippen molar-refractivity contribution in [2.24, 2.45) is 11.0 Å². The Morgan fingerprint density at radius 2 is 1.84 bits per heavy atom. The quantitative estimate of drug-likeness (QED) is 0.805. The van der Waals surface area contributed by atoms with Crippen LogP contribution < -0.4 is 20.8 Å². The second-order valence-corrected chi connectivity index (χ2v) is 6.39. The van der Waals surface area contributed by atoms with Crippen LogP contribution in [-0.2, 0) is 4.79 Å². The largest absolute Gasteiger partial charge is 0.497 e. The van der Waals surface area contributed by atoms with E-state index in [0.29, 0.717) is 6.42 Å². The smallest absolute Gasteiger partial charge is 0.240 e. The lowest BCUT2D eigenvalue weighted by Gasteiger charge is -2.19. The first-order chi connectivity index (χ1) is 12.1. The molecule has 2 heterocycles. The SMILES string of the molecule is COc1ccc(C2Nc3ccc(C4=NNC(=O)CC4C)cc3N2)cc1. The van der Waals surface area contributed by atoms with Crippen LogP contribution in [0.1, 0.15) is 30.6 Å². The van der Waals surface area contributed by atoms with Gasteiger partial charge in [0.25, 0.3) is 0 Å². The number of nitrogens with zero attached hydrogens (tertiary/aromatic N) is 1. The topological polar surface area (TPSA) is 74.8 Å². The number of carbonyl (C=O) groups is 1. The summed E-state index contributed by atoms with van der Waals surface area (Å²) in [5.74, 6) is 0.920. The molecule has 0 bridgehead atoms. The normalized spacial score (nSPS) is 21.5. The van der Waals surface area contributed by atoms with Crippen molar-refractivity contribution >= 4 is 23.0 Å². The Bertz CT molecular complexity index is 845. The van der Waals surface area contributed by atoms with E-state index in [1.807, 2.05) is 43.3 Å². The van der Waals surface area contributed by atoms with Gasteiger partial charge in [-0.05, 0) is 29.8 Å². The van der Waals surface area contributed by atoms with Crippen LogP contribution in [-0.4, -0.2) is 18.7 Å². The van der Waals surface area contributed by atoms with E-state index in [2.05, 4.69) is 27.2 Å². The van der Waals surface area contributed by atoms with Gasteiger partial charge in [0, 0.05) is 17.9 Å². The minimum Gasteiger partial charge on any atom is -0.497 e. The van der Waals surface area contributed by atoms with Crippen LogP contribution >= 0.6 is 0 Å². The second kappa shape index (κ2) is 6.12. The first-order valence-electron chi connectivity index (χ1n) is 8.32. The number of carbonyl (C=O) groups excluding carboxylic acids is 1. The fourth-order valence-electron chi connectivity index (χ4n) is 3.26. The summed E-state index contributed by atoms with van der Waals surface area (Å²) in [5.41, 5.74) is 7.73. The molecular weight excluding hydrogens is 316 g/mol. The number of hydrogen-bond acceptors (Lipinski definition) is 5. The standard InChI is InChI=1S/C19H20N4O2/c1-11-9-17(24)22-23-18(11)13-5-8-15-16(10-13)21-19(20-15)12-3-6-14(25-2)7-4-12/h3-8,10-11,19-21H,9H2,1-2H3,(H,22,24). The highest BCUT2D eigenvalue weighted by molar-refractivity contribution is 6.06. The third kappa shape index (κ3) is 2.91. The molecule has 128 valence electrons. The van der Waals surface area contributed by atoms with Gasteiger partial charge < -0.3 is 15.4 Å². The summed E-state index contributed by atoms with van der Waals surface area (Å²) >= 11 is 0. The number of benzene rings is 2. The van der Waals surface area contributed by atoms with Crippen molar-refractivity contribution in [1.29, 1.82) is 0 Å². The molecule has 2 aromatic rings. The molecule has 0 saturated heterocycles. The summed E-state index contributed by atoms with van der Waals surface area (Å²) in [7, 11) is 1.66. The molecule has 2 aliphatic heterocycles. The van der Waals surface area contributed by atoms with E-state index >= 15 is 0 Å². The highest BCUT2D eigenvalue weighted by atomic mass is 16.5. The molecule has 2 aliphatic rings. The number of anilines is 2. The fraction of sp³-hybridized carbons (Fsp3) is 0.263. The molecule has 2 aromatic carbocycles. The molecule has 0 aliphatic carbocycles. The summed E-state index contributed by atoms with van der Waals surface area (Å²) < 4.78 is 5.21. The van der Waals surface area contributed by atoms with Crippen molar-refractivity contribution < 1.29 is 9.53 Å². The lowest BCUT2D eigenvalue weighted by molar-refractivity contribution is -0.121. The number of hydrogen-bond donors (Lipinski definition) is 3. The van der Waals surface area contributed by atoms with Crippen LogP contribution in [0, 0.1) is 5.92 Å². The van der Waals surface area contributed by atoms with E-state index in [-0.39, 0.29) is 18.0 Å². The molecule has 0 fully saturated rings. The molecule has 6 heteroatoms. The van der Waals surface area contributed by atoms with Gasteiger partial charge in [-0.1, -0.05) is 25.1 Å². The predicted octanol–water partition coefficient (Wildman–Crippen LogP) is 3.09. The van der Waals surface area contributed by atoms with E-state index < -0.39 is 0 Å². The van der Waals surface area contributed by atoms with Crippen molar-refractivity contribution in [3.63, 3.8) is 0 Å². The molecule has 6 nitrogen and oxygen atoms in total. The van der Waals surface area contributed by atoms with Crippen molar-refractivity contribution in [3.05, 3.63) is 53.6 Å². The molecule has 25 heavy (non-hydrogen) atoms. The Balaban J connectivity index is 1.57. The number of ether oxygens (including phenoxy) is 1. The average Bonchev–Trinajstić information content (AvgIpc) is 3.05. The van der Waals surface area contributed by atoms with Gasteiger partial charge in [0.2, 0.25) is 5.91 Å². The average molecular weight is 336 g/mol. The minimum atomic E-state index is -0.0308. The molecule has 2 atom stereocenters. The van der Waals surface area contributed by atoms with Crippen LogP contribution in [0.5, 0.6) is 5.75 Å². The van der Waals surface area contributed by atoms with Gasteiger partial charge in [0.05, 0.1) is 24.2 Å². The Morgan fingerprint density at radius 1 is 1.08 bits per heavy atom. The maximum absolute atomic E-state index is 11.4.